The van der Waals surface area contributed by atoms with Gasteiger partial charge in [-0.3, -0.25) is 19.4 Å². The second kappa shape index (κ2) is 9.07. The number of thioether (sulfide) groups is 1. The highest BCUT2D eigenvalue weighted by molar-refractivity contribution is 8.18. The van der Waals surface area contributed by atoms with Crippen molar-refractivity contribution in [1.29, 1.82) is 0 Å². The first-order chi connectivity index (χ1) is 13.1. The van der Waals surface area contributed by atoms with Gasteiger partial charge in [0.2, 0.25) is 0 Å². The van der Waals surface area contributed by atoms with E-state index in [-0.39, 0.29) is 11.1 Å². The third kappa shape index (κ3) is 4.71. The molecule has 144 valence electrons. The Bertz CT molecular complexity index is 758. The number of nitrogens with zero attached hydrogens (tertiary/aromatic N) is 2. The number of carbonyl (C=O) groups is 2. The van der Waals surface area contributed by atoms with Crippen molar-refractivity contribution in [3.63, 3.8) is 0 Å². The standard InChI is InChI=1S/C19H22N2O5S/c1-3-8-26-15-5-4-14(11-16(15)24-2)12-17-18(22)21(19(23)27-17)13-20-6-9-25-10-7-20/h3-5,11-12H,1,6-10,13H2,2H3. The Hall–Kier alpha value is -2.29. The SMILES string of the molecule is C=CCOc1ccc(C=C2SC(=O)N(CN3CCOCC3)C2=O)cc1OC. The number of amides is 2. The molecule has 2 fully saturated rings. The summed E-state index contributed by atoms with van der Waals surface area (Å²) in [6, 6.07) is 5.36. The Morgan fingerprint density at radius 3 is 2.74 bits per heavy atom. The van der Waals surface area contributed by atoms with E-state index in [0.717, 1.165) is 17.3 Å². The van der Waals surface area contributed by atoms with E-state index < -0.39 is 0 Å². The number of rotatable bonds is 7. The zero-order chi connectivity index (χ0) is 19.2. The molecule has 0 saturated carbocycles. The largest absolute Gasteiger partial charge is 0.493 e. The number of ether oxygens (including phenoxy) is 3. The first kappa shape index (κ1) is 19.5. The number of hydrogen-bond acceptors (Lipinski definition) is 7. The lowest BCUT2D eigenvalue weighted by atomic mass is 10.2. The lowest BCUT2D eigenvalue weighted by Gasteiger charge is -2.29. The summed E-state index contributed by atoms with van der Waals surface area (Å²) in [6.07, 6.45) is 3.35. The summed E-state index contributed by atoms with van der Waals surface area (Å²) in [7, 11) is 1.55. The van der Waals surface area contributed by atoms with E-state index in [4.69, 9.17) is 14.2 Å². The normalized spacial score (nSPS) is 19.6. The fraction of sp³-hybridized carbons (Fsp3) is 0.368. The Morgan fingerprint density at radius 2 is 2.04 bits per heavy atom. The smallest absolute Gasteiger partial charge is 0.294 e. The molecule has 2 aliphatic heterocycles. The molecule has 3 rings (SSSR count). The van der Waals surface area contributed by atoms with Gasteiger partial charge < -0.3 is 14.2 Å². The molecule has 0 spiro atoms. The van der Waals surface area contributed by atoms with Crippen molar-refractivity contribution in [2.75, 3.05) is 46.7 Å². The van der Waals surface area contributed by atoms with E-state index in [1.54, 1.807) is 31.4 Å². The maximum atomic E-state index is 12.6. The number of benzene rings is 1. The molecule has 0 bridgehead atoms. The monoisotopic (exact) mass is 390 g/mol. The molecule has 0 atom stereocenters. The van der Waals surface area contributed by atoms with Gasteiger partial charge in [-0.1, -0.05) is 18.7 Å². The zero-order valence-corrected chi connectivity index (χ0v) is 16.0. The minimum Gasteiger partial charge on any atom is -0.493 e. The minimum absolute atomic E-state index is 0.254. The van der Waals surface area contributed by atoms with Gasteiger partial charge in [0, 0.05) is 13.1 Å². The fourth-order valence-electron chi connectivity index (χ4n) is 2.76. The summed E-state index contributed by atoms with van der Waals surface area (Å²) in [6.45, 7) is 6.94. The number of imide groups is 1. The molecule has 2 heterocycles. The summed E-state index contributed by atoms with van der Waals surface area (Å²) >= 11 is 0.952. The Balaban J connectivity index is 1.73. The summed E-state index contributed by atoms with van der Waals surface area (Å²) in [5.74, 6) is 0.871. The van der Waals surface area contributed by atoms with Crippen molar-refractivity contribution in [2.24, 2.45) is 0 Å². The number of carbonyl (C=O) groups excluding carboxylic acids is 2. The van der Waals surface area contributed by atoms with Gasteiger partial charge in [0.05, 0.1) is 31.9 Å². The van der Waals surface area contributed by atoms with Crippen LogP contribution in [-0.2, 0) is 9.53 Å². The molecule has 0 aliphatic carbocycles. The van der Waals surface area contributed by atoms with Gasteiger partial charge in [-0.25, -0.2) is 0 Å². The van der Waals surface area contributed by atoms with Crippen LogP contribution in [0, 0.1) is 0 Å². The fourth-order valence-corrected chi connectivity index (χ4v) is 3.59. The topological polar surface area (TPSA) is 68.3 Å². The molecule has 0 N–H and O–H groups in total. The van der Waals surface area contributed by atoms with Crippen molar-refractivity contribution >= 4 is 29.0 Å². The molecule has 1 aromatic carbocycles. The van der Waals surface area contributed by atoms with Crippen LogP contribution in [0.4, 0.5) is 4.79 Å². The lowest BCUT2D eigenvalue weighted by Crippen LogP contribution is -2.45. The van der Waals surface area contributed by atoms with Crippen LogP contribution in [0.15, 0.2) is 35.8 Å². The van der Waals surface area contributed by atoms with Crippen LogP contribution < -0.4 is 9.47 Å². The highest BCUT2D eigenvalue weighted by Crippen LogP contribution is 2.34. The van der Waals surface area contributed by atoms with Gasteiger partial charge in [0.1, 0.15) is 6.61 Å². The number of morpholine rings is 1. The summed E-state index contributed by atoms with van der Waals surface area (Å²) in [5, 5.41) is -0.254. The van der Waals surface area contributed by atoms with E-state index in [1.807, 2.05) is 11.0 Å². The van der Waals surface area contributed by atoms with Gasteiger partial charge >= 0.3 is 0 Å². The van der Waals surface area contributed by atoms with Crippen LogP contribution in [0.2, 0.25) is 0 Å². The molecular weight excluding hydrogens is 368 g/mol. The van der Waals surface area contributed by atoms with Crippen LogP contribution in [0.5, 0.6) is 11.5 Å². The van der Waals surface area contributed by atoms with E-state index in [1.165, 1.54) is 4.90 Å². The summed E-state index contributed by atoms with van der Waals surface area (Å²) < 4.78 is 16.2. The minimum atomic E-state index is -0.276. The highest BCUT2D eigenvalue weighted by atomic mass is 32.2. The summed E-state index contributed by atoms with van der Waals surface area (Å²) in [4.78, 5) is 28.6. The van der Waals surface area contributed by atoms with Gasteiger partial charge in [0.25, 0.3) is 11.1 Å². The molecular formula is C19H22N2O5S. The van der Waals surface area contributed by atoms with Gasteiger partial charge in [-0.15, -0.1) is 0 Å². The molecule has 8 heteroatoms. The molecule has 2 aliphatic rings. The Kier molecular flexibility index (Phi) is 6.54. The molecule has 27 heavy (non-hydrogen) atoms. The Morgan fingerprint density at radius 1 is 1.26 bits per heavy atom. The van der Waals surface area contributed by atoms with Crippen LogP contribution in [0.1, 0.15) is 5.56 Å². The maximum absolute atomic E-state index is 12.6. The van der Waals surface area contributed by atoms with E-state index in [9.17, 15) is 9.59 Å². The second-order valence-electron chi connectivity index (χ2n) is 5.99. The predicted molar refractivity (Wildman–Crippen MR) is 104 cm³/mol. The average Bonchev–Trinajstić information content (AvgIpc) is 2.95. The van der Waals surface area contributed by atoms with Crippen LogP contribution in [0.25, 0.3) is 6.08 Å². The molecule has 7 nitrogen and oxygen atoms in total. The average molecular weight is 390 g/mol. The van der Waals surface area contributed by atoms with Crippen LogP contribution >= 0.6 is 11.8 Å². The Labute approximate surface area is 162 Å². The molecule has 2 saturated heterocycles. The van der Waals surface area contributed by atoms with Crippen LogP contribution in [0.3, 0.4) is 0 Å². The summed E-state index contributed by atoms with van der Waals surface area (Å²) in [5.41, 5.74) is 0.759. The van der Waals surface area contributed by atoms with Crippen molar-refractivity contribution in [2.45, 2.75) is 0 Å². The predicted octanol–water partition coefficient (Wildman–Crippen LogP) is 2.59. The van der Waals surface area contributed by atoms with Crippen LogP contribution in [-0.4, -0.2) is 67.6 Å². The molecule has 2 amide bonds. The van der Waals surface area contributed by atoms with Crippen molar-refractivity contribution < 1.29 is 23.8 Å². The van der Waals surface area contributed by atoms with E-state index >= 15 is 0 Å². The highest BCUT2D eigenvalue weighted by Gasteiger charge is 2.36. The van der Waals surface area contributed by atoms with Crippen molar-refractivity contribution in [3.05, 3.63) is 41.3 Å². The number of hydrogen-bond donors (Lipinski definition) is 0. The maximum Gasteiger partial charge on any atom is 0.294 e. The third-order valence-corrected chi connectivity index (χ3v) is 5.07. The van der Waals surface area contributed by atoms with Gasteiger partial charge in [-0.05, 0) is 35.5 Å². The van der Waals surface area contributed by atoms with Crippen molar-refractivity contribution in [3.8, 4) is 11.5 Å². The lowest BCUT2D eigenvalue weighted by molar-refractivity contribution is -0.125. The van der Waals surface area contributed by atoms with Gasteiger partial charge in [-0.2, -0.15) is 0 Å². The molecule has 0 aromatic heterocycles. The van der Waals surface area contributed by atoms with E-state index in [2.05, 4.69) is 6.58 Å². The molecule has 0 unspecified atom stereocenters. The number of methoxy groups -OCH3 is 1. The third-order valence-electron chi connectivity index (χ3n) is 4.16. The first-order valence-corrected chi connectivity index (χ1v) is 9.41. The molecule has 0 radical (unpaired) electrons. The molecule has 1 aromatic rings. The quantitative estimate of drug-likeness (QED) is 0.524. The second-order valence-corrected chi connectivity index (χ2v) is 6.98. The van der Waals surface area contributed by atoms with Gasteiger partial charge in [0.15, 0.2) is 11.5 Å². The van der Waals surface area contributed by atoms with Crippen molar-refractivity contribution in [1.82, 2.24) is 9.80 Å². The van der Waals surface area contributed by atoms with E-state index in [0.29, 0.717) is 56.0 Å². The first-order valence-electron chi connectivity index (χ1n) is 8.59. The zero-order valence-electron chi connectivity index (χ0n) is 15.2.